The first-order valence-electron chi connectivity index (χ1n) is 6.65. The van der Waals surface area contributed by atoms with Crippen molar-refractivity contribution < 1.29 is 24.8 Å². The van der Waals surface area contributed by atoms with Crippen LogP contribution in [0, 0.1) is 0 Å². The molecule has 0 aliphatic rings. The molecule has 7 heteroatoms. The van der Waals surface area contributed by atoms with Crippen molar-refractivity contribution in [1.29, 1.82) is 0 Å². The Labute approximate surface area is 135 Å². The third-order valence-corrected chi connectivity index (χ3v) is 3.08. The van der Waals surface area contributed by atoms with E-state index in [0.717, 1.165) is 19.3 Å². The van der Waals surface area contributed by atoms with E-state index in [1.807, 2.05) is 0 Å². The van der Waals surface area contributed by atoms with Gasteiger partial charge in [-0.25, -0.2) is 0 Å². The monoisotopic (exact) mass is 306 g/mol. The van der Waals surface area contributed by atoms with E-state index in [2.05, 4.69) is 11.1 Å². The molecule has 0 saturated heterocycles. The molecule has 0 heterocycles. The first kappa shape index (κ1) is 21.4. The van der Waals surface area contributed by atoms with E-state index in [9.17, 15) is 13.2 Å². The van der Waals surface area contributed by atoms with Crippen molar-refractivity contribution in [2.75, 3.05) is 0 Å². The zero-order valence-corrected chi connectivity index (χ0v) is 14.0. The molecule has 0 aliphatic heterocycles. The number of rotatable bonds is 11. The largest absolute Gasteiger partial charge is 2.00 e. The maximum Gasteiger partial charge on any atom is 2.00 e. The molecule has 112 valence electrons. The standard InChI is InChI=1S/C12H24O5S.Mg.2H/c1-2-3-4-5-6-7-8-9-10-11-12(13)17-18(14,15)16;;;/h2-11H2,1H3,(H,14,15,16);;;/q;+2;2*-1. The molecule has 0 radical (unpaired) electrons. The molecule has 0 atom stereocenters. The molecule has 1 N–H and O–H groups in total. The topological polar surface area (TPSA) is 80.7 Å². The average molecular weight is 307 g/mol. The molecule has 5 nitrogen and oxygen atoms in total. The predicted octanol–water partition coefficient (Wildman–Crippen LogP) is 3.10. The summed E-state index contributed by atoms with van der Waals surface area (Å²) in [5.74, 6) is -0.888. The van der Waals surface area contributed by atoms with E-state index in [0.29, 0.717) is 6.42 Å². The first-order chi connectivity index (χ1) is 8.45. The Kier molecular flexibility index (Phi) is 14.8. The number of unbranched alkanes of at least 4 members (excludes halogenated alkanes) is 8. The molecular formula is C12H26MgO5S. The van der Waals surface area contributed by atoms with Crippen molar-refractivity contribution in [3.8, 4) is 0 Å². The van der Waals surface area contributed by atoms with Gasteiger partial charge in [0.25, 0.3) is 0 Å². The van der Waals surface area contributed by atoms with E-state index >= 15 is 0 Å². The molecule has 0 aromatic carbocycles. The summed E-state index contributed by atoms with van der Waals surface area (Å²) in [5.41, 5.74) is 0. The van der Waals surface area contributed by atoms with Crippen LogP contribution in [0.3, 0.4) is 0 Å². The zero-order valence-electron chi connectivity index (χ0n) is 13.8. The second-order valence-corrected chi connectivity index (χ2v) is 5.48. The Balaban J connectivity index is -0.000000482. The van der Waals surface area contributed by atoms with Gasteiger partial charge in [-0.1, -0.05) is 58.3 Å². The Bertz CT molecular complexity index is 326. The fraction of sp³-hybridized carbons (Fsp3) is 0.917. The minimum atomic E-state index is -4.63. The second kappa shape index (κ2) is 13.1. The van der Waals surface area contributed by atoms with Gasteiger partial charge in [-0.05, 0) is 6.42 Å². The van der Waals surface area contributed by atoms with Crippen LogP contribution in [0.1, 0.15) is 74.0 Å². The Morgan fingerprint density at radius 1 is 1.00 bits per heavy atom. The first-order valence-corrected chi connectivity index (χ1v) is 8.02. The number of carbonyl (C=O) groups is 1. The fourth-order valence-electron chi connectivity index (χ4n) is 1.74. The van der Waals surface area contributed by atoms with Crippen molar-refractivity contribution in [3.63, 3.8) is 0 Å². The zero-order chi connectivity index (χ0) is 13.9. The molecule has 0 saturated carbocycles. The minimum absolute atomic E-state index is 0. The molecule has 0 aromatic rings. The Hall–Kier alpha value is 0.146. The van der Waals surface area contributed by atoms with Gasteiger partial charge in [0.2, 0.25) is 0 Å². The second-order valence-electron chi connectivity index (χ2n) is 4.46. The smallest absolute Gasteiger partial charge is 1.00 e. The van der Waals surface area contributed by atoms with Gasteiger partial charge in [0.1, 0.15) is 0 Å². The van der Waals surface area contributed by atoms with E-state index < -0.39 is 16.4 Å². The molecule has 0 rings (SSSR count). The molecule has 0 aliphatic carbocycles. The molecular weight excluding hydrogens is 280 g/mol. The molecule has 0 fully saturated rings. The van der Waals surface area contributed by atoms with Gasteiger partial charge in [-0.2, -0.15) is 8.42 Å². The van der Waals surface area contributed by atoms with Crippen molar-refractivity contribution >= 4 is 39.4 Å². The number of hydrogen-bond donors (Lipinski definition) is 1. The van der Waals surface area contributed by atoms with Crippen LogP contribution >= 0.6 is 0 Å². The maximum absolute atomic E-state index is 10.9. The minimum Gasteiger partial charge on any atom is -1.00 e. The molecule has 0 aromatic heterocycles. The molecule has 0 amide bonds. The van der Waals surface area contributed by atoms with Gasteiger partial charge in [0.05, 0.1) is 0 Å². The summed E-state index contributed by atoms with van der Waals surface area (Å²) in [6, 6.07) is 0. The van der Waals surface area contributed by atoms with Crippen LogP contribution in [0.15, 0.2) is 0 Å². The summed E-state index contributed by atoms with van der Waals surface area (Å²) < 4.78 is 32.5. The normalized spacial score (nSPS) is 10.8. The Morgan fingerprint density at radius 2 is 1.42 bits per heavy atom. The van der Waals surface area contributed by atoms with Gasteiger partial charge in [0, 0.05) is 6.42 Å². The third kappa shape index (κ3) is 18.1. The SMILES string of the molecule is CCCCCCCCCCCC(=O)OS(=O)(=O)O.[H-].[H-].[Mg+2]. The summed E-state index contributed by atoms with van der Waals surface area (Å²) in [6.07, 6.45) is 10.0. The van der Waals surface area contributed by atoms with E-state index in [1.54, 1.807) is 0 Å². The molecule has 0 spiro atoms. The van der Waals surface area contributed by atoms with Gasteiger partial charge < -0.3 is 7.04 Å². The van der Waals surface area contributed by atoms with Crippen molar-refractivity contribution in [3.05, 3.63) is 0 Å². The summed E-state index contributed by atoms with van der Waals surface area (Å²) in [6.45, 7) is 2.19. The predicted molar refractivity (Wildman–Crippen MR) is 77.5 cm³/mol. The molecule has 0 bridgehead atoms. The summed E-state index contributed by atoms with van der Waals surface area (Å²) in [7, 11) is -4.63. The van der Waals surface area contributed by atoms with E-state index in [1.165, 1.54) is 32.1 Å². The quantitative estimate of drug-likeness (QED) is 0.360. The fourth-order valence-corrected chi connectivity index (χ4v) is 2.06. The summed E-state index contributed by atoms with van der Waals surface area (Å²) >= 11 is 0. The van der Waals surface area contributed by atoms with Gasteiger partial charge in [0.15, 0.2) is 0 Å². The number of hydrogen-bond acceptors (Lipinski definition) is 4. The van der Waals surface area contributed by atoms with E-state index in [-0.39, 0.29) is 32.3 Å². The van der Waals surface area contributed by atoms with Crippen molar-refractivity contribution in [1.82, 2.24) is 0 Å². The van der Waals surface area contributed by atoms with Gasteiger partial charge >= 0.3 is 39.4 Å². The third-order valence-electron chi connectivity index (χ3n) is 2.68. The van der Waals surface area contributed by atoms with Crippen LogP contribution in [0.4, 0.5) is 0 Å². The molecule has 0 unspecified atom stereocenters. The van der Waals surface area contributed by atoms with Crippen molar-refractivity contribution in [2.24, 2.45) is 0 Å². The average Bonchev–Trinajstić information content (AvgIpc) is 2.24. The van der Waals surface area contributed by atoms with Gasteiger partial charge in [-0.3, -0.25) is 9.35 Å². The Morgan fingerprint density at radius 3 is 1.84 bits per heavy atom. The van der Waals surface area contributed by atoms with Crippen LogP contribution in [0.5, 0.6) is 0 Å². The van der Waals surface area contributed by atoms with Crippen molar-refractivity contribution in [2.45, 2.75) is 71.1 Å². The summed E-state index contributed by atoms with van der Waals surface area (Å²) in [5, 5.41) is 0. The number of carbonyl (C=O) groups excluding carboxylic acids is 1. The van der Waals surface area contributed by atoms with Gasteiger partial charge in [-0.15, -0.1) is 0 Å². The van der Waals surface area contributed by atoms with E-state index in [4.69, 9.17) is 4.55 Å². The van der Waals surface area contributed by atoms with Crippen LogP contribution in [-0.4, -0.2) is 42.0 Å². The maximum atomic E-state index is 10.9. The summed E-state index contributed by atoms with van der Waals surface area (Å²) in [4.78, 5) is 10.9. The van der Waals surface area contributed by atoms with Crippen LogP contribution in [-0.2, 0) is 19.4 Å². The van der Waals surface area contributed by atoms with Crippen LogP contribution in [0.2, 0.25) is 0 Å². The van der Waals surface area contributed by atoms with Crippen LogP contribution in [0.25, 0.3) is 0 Å². The molecule has 19 heavy (non-hydrogen) atoms. The van der Waals surface area contributed by atoms with Crippen LogP contribution < -0.4 is 0 Å².